The number of benzene rings is 2. The highest BCUT2D eigenvalue weighted by atomic mass is 16.6. The maximum absolute atomic E-state index is 12.3. The van der Waals surface area contributed by atoms with Crippen molar-refractivity contribution in [3.8, 4) is 11.8 Å². The summed E-state index contributed by atoms with van der Waals surface area (Å²) in [4.78, 5) is 34.6. The van der Waals surface area contributed by atoms with Crippen molar-refractivity contribution in [3.05, 3.63) is 64.2 Å². The molecular formula is C18H17N5O5. The molecule has 2 rings (SSSR count). The summed E-state index contributed by atoms with van der Waals surface area (Å²) in [7, 11) is 0. The fourth-order valence-electron chi connectivity index (χ4n) is 2.32. The first-order valence-corrected chi connectivity index (χ1v) is 8.13. The van der Waals surface area contributed by atoms with Gasteiger partial charge in [0.05, 0.1) is 11.0 Å². The first kappa shape index (κ1) is 20.2. The third-order valence-electron chi connectivity index (χ3n) is 3.68. The summed E-state index contributed by atoms with van der Waals surface area (Å²) in [6.07, 6.45) is 0.130. The molecule has 4 N–H and O–H groups in total. The van der Waals surface area contributed by atoms with Gasteiger partial charge in [0.15, 0.2) is 0 Å². The van der Waals surface area contributed by atoms with Crippen LogP contribution in [0.4, 0.5) is 16.2 Å². The molecule has 0 aliphatic carbocycles. The molecule has 0 saturated carbocycles. The van der Waals surface area contributed by atoms with Gasteiger partial charge in [0.25, 0.3) is 5.69 Å². The number of amides is 3. The highest BCUT2D eigenvalue weighted by Gasteiger charge is 2.21. The Hall–Kier alpha value is -4.13. The van der Waals surface area contributed by atoms with Crippen LogP contribution in [0.2, 0.25) is 0 Å². The van der Waals surface area contributed by atoms with E-state index in [0.717, 1.165) is 0 Å². The fraction of sp³-hybridized carbons (Fsp3) is 0.167. The van der Waals surface area contributed by atoms with Crippen LogP contribution >= 0.6 is 0 Å². The van der Waals surface area contributed by atoms with Crippen LogP contribution in [0, 0.1) is 21.4 Å². The van der Waals surface area contributed by atoms with Crippen molar-refractivity contribution in [1.29, 1.82) is 5.26 Å². The lowest BCUT2D eigenvalue weighted by molar-refractivity contribution is -0.384. The van der Waals surface area contributed by atoms with Crippen molar-refractivity contribution in [2.75, 3.05) is 11.9 Å². The van der Waals surface area contributed by atoms with Crippen molar-refractivity contribution >= 4 is 23.3 Å². The maximum atomic E-state index is 12.3. The van der Waals surface area contributed by atoms with Gasteiger partial charge in [-0.3, -0.25) is 14.9 Å². The SMILES string of the molecule is N#CCNC(=O)C(Cc1ccc(O)cc1)NC(=O)Nc1ccc([N+](=O)[O-])cc1. The first-order valence-electron chi connectivity index (χ1n) is 8.13. The number of nitrogens with one attached hydrogen (secondary N) is 3. The lowest BCUT2D eigenvalue weighted by Gasteiger charge is -2.18. The van der Waals surface area contributed by atoms with Crippen molar-refractivity contribution in [2.24, 2.45) is 0 Å². The Balaban J connectivity index is 2.06. The van der Waals surface area contributed by atoms with Crippen LogP contribution in [0.3, 0.4) is 0 Å². The number of nitro benzene ring substituents is 1. The van der Waals surface area contributed by atoms with E-state index in [0.29, 0.717) is 11.3 Å². The van der Waals surface area contributed by atoms with Crippen LogP contribution in [0.25, 0.3) is 0 Å². The third-order valence-corrected chi connectivity index (χ3v) is 3.68. The summed E-state index contributed by atoms with van der Waals surface area (Å²) in [6.45, 7) is -0.212. The van der Waals surface area contributed by atoms with Gasteiger partial charge in [-0.15, -0.1) is 0 Å². The molecular weight excluding hydrogens is 366 g/mol. The van der Waals surface area contributed by atoms with Gasteiger partial charge in [0, 0.05) is 24.2 Å². The predicted octanol–water partition coefficient (Wildman–Crippen LogP) is 1.67. The number of hydrogen-bond acceptors (Lipinski definition) is 6. The van der Waals surface area contributed by atoms with E-state index in [1.54, 1.807) is 18.2 Å². The topological polar surface area (TPSA) is 157 Å². The Morgan fingerprint density at radius 2 is 1.79 bits per heavy atom. The second-order valence-corrected chi connectivity index (χ2v) is 5.70. The molecule has 2 aromatic rings. The number of carbonyl (C=O) groups excluding carboxylic acids is 2. The molecule has 0 spiro atoms. The molecule has 10 nitrogen and oxygen atoms in total. The molecule has 0 heterocycles. The molecule has 0 radical (unpaired) electrons. The van der Waals surface area contributed by atoms with Crippen LogP contribution in [-0.2, 0) is 11.2 Å². The minimum Gasteiger partial charge on any atom is -0.508 e. The van der Waals surface area contributed by atoms with Gasteiger partial charge in [-0.05, 0) is 29.8 Å². The van der Waals surface area contributed by atoms with E-state index >= 15 is 0 Å². The Morgan fingerprint density at radius 3 is 2.36 bits per heavy atom. The molecule has 10 heteroatoms. The summed E-state index contributed by atoms with van der Waals surface area (Å²) in [5, 5.41) is 36.0. The second-order valence-electron chi connectivity index (χ2n) is 5.70. The standard InChI is InChI=1S/C18H17N5O5/c19-9-10-20-17(25)16(11-12-1-7-15(24)8-2-12)22-18(26)21-13-3-5-14(6-4-13)23(27)28/h1-8,16,24H,10-11H2,(H,20,25)(H2,21,22,26). The molecule has 0 aliphatic heterocycles. The molecule has 144 valence electrons. The minimum absolute atomic E-state index is 0.0677. The van der Waals surface area contributed by atoms with Crippen LogP contribution < -0.4 is 16.0 Å². The number of nitrogens with zero attached hydrogens (tertiary/aromatic N) is 2. The molecule has 0 aliphatic rings. The lowest BCUT2D eigenvalue weighted by atomic mass is 10.1. The number of aromatic hydroxyl groups is 1. The third kappa shape index (κ3) is 5.99. The summed E-state index contributed by atoms with van der Waals surface area (Å²) in [5.74, 6) is -0.480. The zero-order valence-corrected chi connectivity index (χ0v) is 14.6. The largest absolute Gasteiger partial charge is 0.508 e. The monoisotopic (exact) mass is 383 g/mol. The van der Waals surface area contributed by atoms with Crippen LogP contribution in [0.5, 0.6) is 5.75 Å². The highest BCUT2D eigenvalue weighted by molar-refractivity contribution is 5.94. The zero-order valence-electron chi connectivity index (χ0n) is 14.6. The Morgan fingerprint density at radius 1 is 1.14 bits per heavy atom. The van der Waals surface area contributed by atoms with E-state index in [9.17, 15) is 24.8 Å². The Bertz CT molecular complexity index is 890. The van der Waals surface area contributed by atoms with E-state index < -0.39 is 22.9 Å². The van der Waals surface area contributed by atoms with Gasteiger partial charge in [-0.25, -0.2) is 4.79 Å². The van der Waals surface area contributed by atoms with E-state index in [1.165, 1.54) is 36.4 Å². The zero-order chi connectivity index (χ0) is 20.5. The number of anilines is 1. The number of carbonyl (C=O) groups is 2. The molecule has 28 heavy (non-hydrogen) atoms. The minimum atomic E-state index is -0.976. The van der Waals surface area contributed by atoms with Crippen molar-refractivity contribution in [1.82, 2.24) is 10.6 Å². The number of rotatable bonds is 7. The normalized spacial score (nSPS) is 11.0. The summed E-state index contributed by atoms with van der Waals surface area (Å²) >= 11 is 0. The van der Waals surface area contributed by atoms with E-state index in [4.69, 9.17) is 5.26 Å². The predicted molar refractivity (Wildman–Crippen MR) is 99.5 cm³/mol. The number of non-ortho nitro benzene ring substituents is 1. The molecule has 2 aromatic carbocycles. The number of hydrogen-bond donors (Lipinski definition) is 4. The average Bonchev–Trinajstić information content (AvgIpc) is 2.67. The van der Waals surface area contributed by atoms with Gasteiger partial charge >= 0.3 is 6.03 Å². The quantitative estimate of drug-likeness (QED) is 0.323. The van der Waals surface area contributed by atoms with Gasteiger partial charge < -0.3 is 21.1 Å². The molecule has 1 atom stereocenters. The van der Waals surface area contributed by atoms with Gasteiger partial charge in [0.2, 0.25) is 5.91 Å². The van der Waals surface area contributed by atoms with E-state index in [-0.39, 0.29) is 24.4 Å². The maximum Gasteiger partial charge on any atom is 0.319 e. The summed E-state index contributed by atoms with van der Waals surface area (Å²) in [5.41, 5.74) is 0.876. The van der Waals surface area contributed by atoms with Crippen molar-refractivity contribution in [3.63, 3.8) is 0 Å². The van der Waals surface area contributed by atoms with Crippen LogP contribution in [-0.4, -0.2) is 34.6 Å². The smallest absolute Gasteiger partial charge is 0.319 e. The van der Waals surface area contributed by atoms with Gasteiger partial charge in [-0.2, -0.15) is 5.26 Å². The number of nitriles is 1. The van der Waals surface area contributed by atoms with Crippen LogP contribution in [0.15, 0.2) is 48.5 Å². The van der Waals surface area contributed by atoms with Gasteiger partial charge in [-0.1, -0.05) is 12.1 Å². The van der Waals surface area contributed by atoms with Crippen molar-refractivity contribution < 1.29 is 19.6 Å². The molecule has 0 saturated heterocycles. The lowest BCUT2D eigenvalue weighted by Crippen LogP contribution is -2.49. The molecule has 0 aromatic heterocycles. The number of phenolic OH excluding ortho intramolecular Hbond substituents is 1. The van der Waals surface area contributed by atoms with Crippen LogP contribution in [0.1, 0.15) is 5.56 Å². The molecule has 1 unspecified atom stereocenters. The summed E-state index contributed by atoms with van der Waals surface area (Å²) < 4.78 is 0. The highest BCUT2D eigenvalue weighted by Crippen LogP contribution is 2.15. The Labute approximate surface area is 159 Å². The molecule has 0 fully saturated rings. The van der Waals surface area contributed by atoms with Gasteiger partial charge in [0.1, 0.15) is 18.3 Å². The molecule has 3 amide bonds. The number of phenols is 1. The average molecular weight is 383 g/mol. The number of urea groups is 1. The first-order chi connectivity index (χ1) is 13.4. The van der Waals surface area contributed by atoms with E-state index in [2.05, 4.69) is 16.0 Å². The van der Waals surface area contributed by atoms with Crippen molar-refractivity contribution in [2.45, 2.75) is 12.5 Å². The number of nitro groups is 1. The molecule has 0 bridgehead atoms. The summed E-state index contributed by atoms with van der Waals surface area (Å²) in [6, 6.07) is 11.4. The van der Waals surface area contributed by atoms with E-state index in [1.807, 2.05) is 0 Å². The second kappa shape index (κ2) is 9.54. The fourth-order valence-corrected chi connectivity index (χ4v) is 2.32. The Kier molecular flexibility index (Phi) is 6.87.